The summed E-state index contributed by atoms with van der Waals surface area (Å²) in [7, 11) is 0. The number of allylic oxidation sites excluding steroid dienone is 2. The molecule has 1 aromatic rings. The maximum Gasteiger partial charge on any atom is 0.136 e. The van der Waals surface area contributed by atoms with Crippen LogP contribution in [0, 0.1) is 11.8 Å². The average Bonchev–Trinajstić information content (AvgIpc) is 2.30. The van der Waals surface area contributed by atoms with E-state index in [-0.39, 0.29) is 17.7 Å². The molecule has 3 atom stereocenters. The number of hydrogen-bond acceptors (Lipinski definition) is 2. The molecule has 3 aliphatic rings. The number of nitrogens with zero attached hydrogens (tertiary/aromatic N) is 2. The molecule has 3 unspecified atom stereocenters. The lowest BCUT2D eigenvalue weighted by atomic mass is 9.65. The van der Waals surface area contributed by atoms with Crippen molar-refractivity contribution in [2.24, 2.45) is 11.8 Å². The summed E-state index contributed by atoms with van der Waals surface area (Å²) in [6, 6.07) is 0. The summed E-state index contributed by atoms with van der Waals surface area (Å²) in [6.45, 7) is 4.41. The van der Waals surface area contributed by atoms with Crippen molar-refractivity contribution in [2.75, 3.05) is 0 Å². The van der Waals surface area contributed by atoms with Gasteiger partial charge in [0, 0.05) is 17.4 Å². The van der Waals surface area contributed by atoms with Crippen molar-refractivity contribution in [3.05, 3.63) is 34.6 Å². The van der Waals surface area contributed by atoms with Gasteiger partial charge >= 0.3 is 0 Å². The Balaban J connectivity index is 2.05. The first-order valence-electron chi connectivity index (χ1n) is 6.45. The zero-order chi connectivity index (χ0) is 12.9. The van der Waals surface area contributed by atoms with Crippen LogP contribution in [-0.2, 0) is 0 Å². The normalized spacial score (nSPS) is 29.4. The van der Waals surface area contributed by atoms with E-state index >= 15 is 0 Å². The van der Waals surface area contributed by atoms with Crippen LogP contribution in [0.2, 0.25) is 5.15 Å². The zero-order valence-corrected chi connectivity index (χ0v) is 11.3. The Kier molecular flexibility index (Phi) is 2.89. The molecule has 1 heterocycles. The predicted molar refractivity (Wildman–Crippen MR) is 69.3 cm³/mol. The fraction of sp³-hybridized carbons (Fsp3) is 0.571. The molecule has 1 aromatic heterocycles. The Bertz CT molecular complexity index is 513. The molecular weight excluding hydrogens is 251 g/mol. The maximum atomic E-state index is 14.0. The van der Waals surface area contributed by atoms with E-state index in [1.54, 1.807) is 6.08 Å². The van der Waals surface area contributed by atoms with Gasteiger partial charge in [0.2, 0.25) is 0 Å². The highest BCUT2D eigenvalue weighted by molar-refractivity contribution is 6.30. The van der Waals surface area contributed by atoms with Gasteiger partial charge in [0.15, 0.2) is 0 Å². The summed E-state index contributed by atoms with van der Waals surface area (Å²) < 4.78 is 14.0. The Morgan fingerprint density at radius 1 is 1.44 bits per heavy atom. The molecule has 96 valence electrons. The van der Waals surface area contributed by atoms with Crippen molar-refractivity contribution in [1.29, 1.82) is 0 Å². The zero-order valence-electron chi connectivity index (χ0n) is 10.5. The monoisotopic (exact) mass is 266 g/mol. The molecule has 0 fully saturated rings. The molecule has 0 aromatic carbocycles. The molecule has 3 aliphatic carbocycles. The molecule has 0 saturated carbocycles. The Morgan fingerprint density at radius 3 is 2.94 bits per heavy atom. The molecule has 0 N–H and O–H groups in total. The van der Waals surface area contributed by atoms with Gasteiger partial charge in [-0.15, -0.1) is 0 Å². The van der Waals surface area contributed by atoms with E-state index in [1.165, 1.54) is 6.33 Å². The van der Waals surface area contributed by atoms with Crippen molar-refractivity contribution >= 4 is 11.6 Å². The lowest BCUT2D eigenvalue weighted by Gasteiger charge is -2.40. The van der Waals surface area contributed by atoms with Crippen LogP contribution in [0.4, 0.5) is 4.39 Å². The van der Waals surface area contributed by atoms with Gasteiger partial charge in [-0.05, 0) is 30.8 Å². The molecule has 0 saturated heterocycles. The van der Waals surface area contributed by atoms with Gasteiger partial charge < -0.3 is 0 Å². The second-order valence-corrected chi connectivity index (χ2v) is 6.08. The SMILES string of the molecule is CC(C)CC1CC2C(F)=CC1c1ncnc(Cl)c12. The summed E-state index contributed by atoms with van der Waals surface area (Å²) >= 11 is 6.11. The third-order valence-electron chi connectivity index (χ3n) is 4.02. The quantitative estimate of drug-likeness (QED) is 0.749. The number of hydrogen-bond donors (Lipinski definition) is 0. The van der Waals surface area contributed by atoms with Crippen molar-refractivity contribution < 1.29 is 4.39 Å². The van der Waals surface area contributed by atoms with E-state index < -0.39 is 0 Å². The topological polar surface area (TPSA) is 25.8 Å². The summed E-state index contributed by atoms with van der Waals surface area (Å²) in [4.78, 5) is 8.34. The predicted octanol–water partition coefficient (Wildman–Crippen LogP) is 4.23. The standard InChI is InChI=1S/C14H16ClFN2/c1-7(2)3-8-4-10-11(16)5-9(8)13-12(10)14(15)18-6-17-13/h5-10H,3-4H2,1-2H3. The van der Waals surface area contributed by atoms with Gasteiger partial charge in [0.05, 0.1) is 5.69 Å². The summed E-state index contributed by atoms with van der Waals surface area (Å²) in [6.07, 6.45) is 5.17. The minimum absolute atomic E-state index is 0.0517. The summed E-state index contributed by atoms with van der Waals surface area (Å²) in [5.74, 6) is 0.902. The maximum absolute atomic E-state index is 14.0. The van der Waals surface area contributed by atoms with E-state index in [2.05, 4.69) is 23.8 Å². The van der Waals surface area contributed by atoms with Gasteiger partial charge in [-0.25, -0.2) is 14.4 Å². The molecule has 2 nitrogen and oxygen atoms in total. The molecule has 2 bridgehead atoms. The van der Waals surface area contributed by atoms with Crippen LogP contribution in [0.3, 0.4) is 0 Å². The minimum Gasteiger partial charge on any atom is -0.240 e. The van der Waals surface area contributed by atoms with Crippen molar-refractivity contribution in [2.45, 2.75) is 38.5 Å². The Labute approximate surface area is 111 Å². The minimum atomic E-state index is -0.220. The fourth-order valence-electron chi connectivity index (χ4n) is 3.37. The van der Waals surface area contributed by atoms with Crippen LogP contribution in [0.5, 0.6) is 0 Å². The highest BCUT2D eigenvalue weighted by atomic mass is 35.5. The molecule has 0 spiro atoms. The van der Waals surface area contributed by atoms with Gasteiger partial charge in [-0.1, -0.05) is 25.4 Å². The van der Waals surface area contributed by atoms with Gasteiger partial charge in [-0.2, -0.15) is 0 Å². The highest BCUT2D eigenvalue weighted by Crippen LogP contribution is 2.54. The van der Waals surface area contributed by atoms with Crippen molar-refractivity contribution in [1.82, 2.24) is 9.97 Å². The molecule has 0 amide bonds. The summed E-state index contributed by atoms with van der Waals surface area (Å²) in [5.41, 5.74) is 1.77. The van der Waals surface area contributed by atoms with E-state index in [0.717, 1.165) is 24.1 Å². The molecular formula is C14H16ClFN2. The molecule has 4 heteroatoms. The number of fused-ring (bicyclic) bond motifs is 1. The number of rotatable bonds is 2. The van der Waals surface area contributed by atoms with E-state index in [1.807, 2.05) is 0 Å². The highest BCUT2D eigenvalue weighted by Gasteiger charge is 2.43. The molecule has 0 aliphatic heterocycles. The van der Waals surface area contributed by atoms with Crippen LogP contribution in [0.1, 0.15) is 49.8 Å². The first-order chi connectivity index (χ1) is 8.58. The third-order valence-corrected chi connectivity index (χ3v) is 4.32. The summed E-state index contributed by atoms with van der Waals surface area (Å²) in [5, 5.41) is 0.418. The first kappa shape index (κ1) is 12.1. The fourth-order valence-corrected chi connectivity index (χ4v) is 3.64. The largest absolute Gasteiger partial charge is 0.240 e. The van der Waals surface area contributed by atoms with Crippen LogP contribution in [0.25, 0.3) is 0 Å². The van der Waals surface area contributed by atoms with Crippen molar-refractivity contribution in [3.63, 3.8) is 0 Å². The lowest BCUT2D eigenvalue weighted by molar-refractivity contribution is 0.279. The lowest BCUT2D eigenvalue weighted by Crippen LogP contribution is -2.30. The number of aromatic nitrogens is 2. The van der Waals surface area contributed by atoms with Gasteiger partial charge in [0.1, 0.15) is 17.3 Å². The molecule has 0 radical (unpaired) electrons. The van der Waals surface area contributed by atoms with Crippen LogP contribution >= 0.6 is 11.6 Å². The van der Waals surface area contributed by atoms with Crippen LogP contribution < -0.4 is 0 Å². The second-order valence-electron chi connectivity index (χ2n) is 5.72. The van der Waals surface area contributed by atoms with Crippen molar-refractivity contribution in [3.8, 4) is 0 Å². The molecule has 4 rings (SSSR count). The Morgan fingerprint density at radius 2 is 2.22 bits per heavy atom. The van der Waals surface area contributed by atoms with Crippen LogP contribution in [0.15, 0.2) is 18.2 Å². The van der Waals surface area contributed by atoms with Gasteiger partial charge in [0.25, 0.3) is 0 Å². The first-order valence-corrected chi connectivity index (χ1v) is 6.83. The second kappa shape index (κ2) is 4.30. The van der Waals surface area contributed by atoms with Gasteiger partial charge in [-0.3, -0.25) is 0 Å². The number of halogens is 2. The molecule has 18 heavy (non-hydrogen) atoms. The van der Waals surface area contributed by atoms with Crippen LogP contribution in [-0.4, -0.2) is 9.97 Å². The van der Waals surface area contributed by atoms with E-state index in [9.17, 15) is 4.39 Å². The van der Waals surface area contributed by atoms with E-state index in [4.69, 9.17) is 11.6 Å². The average molecular weight is 267 g/mol. The van der Waals surface area contributed by atoms with E-state index in [0.29, 0.717) is 17.0 Å². The Hall–Kier alpha value is -0.960. The third kappa shape index (κ3) is 1.76. The smallest absolute Gasteiger partial charge is 0.136 e.